The second kappa shape index (κ2) is 7.18. The maximum Gasteiger partial charge on any atom is 0.346 e. The standard InChI is InChI=1S/C17H15NO5S/c1-20-12-5-3-6-13(21-2)15(12)17(19)23-10-11-9-22-16(18-11)14-7-4-8-24-14/h3-9H,10H2,1-2H3. The summed E-state index contributed by atoms with van der Waals surface area (Å²) in [6.45, 7) is -0.00505. The van der Waals surface area contributed by atoms with Gasteiger partial charge in [-0.15, -0.1) is 11.3 Å². The van der Waals surface area contributed by atoms with Gasteiger partial charge in [-0.25, -0.2) is 9.78 Å². The normalized spacial score (nSPS) is 10.4. The van der Waals surface area contributed by atoms with Gasteiger partial charge >= 0.3 is 5.97 Å². The number of hydrogen-bond donors (Lipinski definition) is 0. The minimum absolute atomic E-state index is 0.00505. The van der Waals surface area contributed by atoms with Crippen LogP contribution in [0.5, 0.6) is 11.5 Å². The number of aromatic nitrogens is 1. The van der Waals surface area contributed by atoms with Gasteiger partial charge < -0.3 is 18.6 Å². The third-order valence-corrected chi connectivity index (χ3v) is 4.12. The zero-order valence-electron chi connectivity index (χ0n) is 13.1. The van der Waals surface area contributed by atoms with E-state index < -0.39 is 5.97 Å². The van der Waals surface area contributed by atoms with Crippen LogP contribution in [0.25, 0.3) is 10.8 Å². The zero-order valence-corrected chi connectivity index (χ0v) is 14.0. The molecule has 0 N–H and O–H groups in total. The molecule has 0 amide bonds. The molecule has 0 radical (unpaired) electrons. The summed E-state index contributed by atoms with van der Waals surface area (Å²) >= 11 is 1.52. The maximum atomic E-state index is 12.4. The molecule has 124 valence electrons. The Morgan fingerprint density at radius 3 is 2.54 bits per heavy atom. The largest absolute Gasteiger partial charge is 0.496 e. The molecular weight excluding hydrogens is 330 g/mol. The molecule has 0 aliphatic rings. The second-order valence-corrected chi connectivity index (χ2v) is 5.68. The fraction of sp³-hybridized carbons (Fsp3) is 0.176. The summed E-state index contributed by atoms with van der Waals surface area (Å²) in [5.41, 5.74) is 0.769. The van der Waals surface area contributed by atoms with Crippen molar-refractivity contribution in [3.8, 4) is 22.3 Å². The van der Waals surface area contributed by atoms with Crippen molar-refractivity contribution in [3.05, 3.63) is 53.2 Å². The number of hydrogen-bond acceptors (Lipinski definition) is 7. The fourth-order valence-corrected chi connectivity index (χ4v) is 2.81. The van der Waals surface area contributed by atoms with Crippen LogP contribution in [-0.2, 0) is 11.3 Å². The highest BCUT2D eigenvalue weighted by atomic mass is 32.1. The van der Waals surface area contributed by atoms with Gasteiger partial charge in [-0.1, -0.05) is 12.1 Å². The smallest absolute Gasteiger partial charge is 0.346 e. The fourth-order valence-electron chi connectivity index (χ4n) is 2.15. The Labute approximate surface area is 142 Å². The van der Waals surface area contributed by atoms with Crippen LogP contribution in [0, 0.1) is 0 Å². The summed E-state index contributed by atoms with van der Waals surface area (Å²) in [5, 5.41) is 1.94. The van der Waals surface area contributed by atoms with E-state index in [-0.39, 0.29) is 12.2 Å². The Hall–Kier alpha value is -2.80. The first-order chi connectivity index (χ1) is 11.7. The average Bonchev–Trinajstić information content (AvgIpc) is 3.29. The Morgan fingerprint density at radius 2 is 1.92 bits per heavy atom. The lowest BCUT2D eigenvalue weighted by molar-refractivity contribution is 0.0460. The summed E-state index contributed by atoms with van der Waals surface area (Å²) in [5.74, 6) is 0.730. The van der Waals surface area contributed by atoms with Gasteiger partial charge in [-0.3, -0.25) is 0 Å². The zero-order chi connectivity index (χ0) is 16.9. The summed E-state index contributed by atoms with van der Waals surface area (Å²) in [6.07, 6.45) is 1.47. The topological polar surface area (TPSA) is 70.8 Å². The van der Waals surface area contributed by atoms with E-state index in [0.717, 1.165) is 4.88 Å². The van der Waals surface area contributed by atoms with Crippen LogP contribution in [0.15, 0.2) is 46.4 Å². The Morgan fingerprint density at radius 1 is 1.17 bits per heavy atom. The lowest BCUT2D eigenvalue weighted by Crippen LogP contribution is -2.09. The molecule has 2 aromatic heterocycles. The number of methoxy groups -OCH3 is 2. The highest BCUT2D eigenvalue weighted by molar-refractivity contribution is 7.13. The third kappa shape index (κ3) is 3.26. The van der Waals surface area contributed by atoms with E-state index in [0.29, 0.717) is 23.1 Å². The predicted octanol–water partition coefficient (Wildman–Crippen LogP) is 3.78. The van der Waals surface area contributed by atoms with Gasteiger partial charge in [0.05, 0.1) is 19.1 Å². The van der Waals surface area contributed by atoms with Crippen molar-refractivity contribution in [2.24, 2.45) is 0 Å². The van der Waals surface area contributed by atoms with Gasteiger partial charge in [0.1, 0.15) is 35.6 Å². The van der Waals surface area contributed by atoms with Crippen molar-refractivity contribution < 1.29 is 23.4 Å². The molecule has 1 aromatic carbocycles. The monoisotopic (exact) mass is 345 g/mol. The van der Waals surface area contributed by atoms with Crippen LogP contribution in [-0.4, -0.2) is 25.2 Å². The number of esters is 1. The number of rotatable bonds is 6. The Kier molecular flexibility index (Phi) is 4.81. The molecule has 0 saturated carbocycles. The first-order valence-electron chi connectivity index (χ1n) is 7.09. The summed E-state index contributed by atoms with van der Waals surface area (Å²) in [7, 11) is 2.97. The molecule has 24 heavy (non-hydrogen) atoms. The summed E-state index contributed by atoms with van der Waals surface area (Å²) in [4.78, 5) is 17.6. The molecule has 0 fully saturated rings. The van der Waals surface area contributed by atoms with E-state index in [4.69, 9.17) is 18.6 Å². The van der Waals surface area contributed by atoms with Crippen LogP contribution in [0.4, 0.5) is 0 Å². The van der Waals surface area contributed by atoms with Gasteiger partial charge in [0.2, 0.25) is 5.89 Å². The van der Waals surface area contributed by atoms with E-state index in [1.54, 1.807) is 18.2 Å². The number of ether oxygens (including phenoxy) is 3. The van der Waals surface area contributed by atoms with Crippen LogP contribution in [0.1, 0.15) is 16.1 Å². The molecule has 3 rings (SSSR count). The molecular formula is C17H15NO5S. The van der Waals surface area contributed by atoms with Crippen LogP contribution in [0.2, 0.25) is 0 Å². The average molecular weight is 345 g/mol. The van der Waals surface area contributed by atoms with Crippen molar-refractivity contribution in [1.82, 2.24) is 4.98 Å². The van der Waals surface area contributed by atoms with E-state index >= 15 is 0 Å². The number of benzene rings is 1. The minimum Gasteiger partial charge on any atom is -0.496 e. The van der Waals surface area contributed by atoms with Crippen molar-refractivity contribution in [2.75, 3.05) is 14.2 Å². The molecule has 6 nitrogen and oxygen atoms in total. The van der Waals surface area contributed by atoms with Gasteiger partial charge in [-0.05, 0) is 23.6 Å². The maximum absolute atomic E-state index is 12.4. The number of carbonyl (C=O) groups is 1. The first-order valence-corrected chi connectivity index (χ1v) is 7.97. The van der Waals surface area contributed by atoms with Crippen LogP contribution in [0.3, 0.4) is 0 Å². The number of carbonyl (C=O) groups excluding carboxylic acids is 1. The van der Waals surface area contributed by atoms with E-state index in [1.807, 2.05) is 17.5 Å². The molecule has 0 aliphatic carbocycles. The molecule has 3 aromatic rings. The Bertz CT molecular complexity index is 803. The molecule has 0 atom stereocenters. The van der Waals surface area contributed by atoms with E-state index in [1.165, 1.54) is 31.8 Å². The highest BCUT2D eigenvalue weighted by Crippen LogP contribution is 2.29. The minimum atomic E-state index is -0.551. The molecule has 0 aliphatic heterocycles. The summed E-state index contributed by atoms with van der Waals surface area (Å²) < 4.78 is 21.1. The molecule has 0 unspecified atom stereocenters. The number of thiophene rings is 1. The molecule has 0 bridgehead atoms. The molecule has 0 saturated heterocycles. The van der Waals surface area contributed by atoms with Gasteiger partial charge in [0.25, 0.3) is 0 Å². The van der Waals surface area contributed by atoms with Gasteiger partial charge in [0, 0.05) is 0 Å². The van der Waals surface area contributed by atoms with E-state index in [2.05, 4.69) is 4.98 Å². The molecule has 7 heteroatoms. The number of oxazole rings is 1. The SMILES string of the molecule is COc1cccc(OC)c1C(=O)OCc1coc(-c2cccs2)n1. The lowest BCUT2D eigenvalue weighted by Gasteiger charge is -2.11. The lowest BCUT2D eigenvalue weighted by atomic mass is 10.2. The van der Waals surface area contributed by atoms with Gasteiger partial charge in [0.15, 0.2) is 0 Å². The third-order valence-electron chi connectivity index (χ3n) is 3.27. The first kappa shape index (κ1) is 16.1. The summed E-state index contributed by atoms with van der Waals surface area (Å²) in [6, 6.07) is 8.90. The van der Waals surface area contributed by atoms with Crippen molar-refractivity contribution in [3.63, 3.8) is 0 Å². The van der Waals surface area contributed by atoms with Gasteiger partial charge in [-0.2, -0.15) is 0 Å². The molecule has 0 spiro atoms. The Balaban J connectivity index is 1.72. The highest BCUT2D eigenvalue weighted by Gasteiger charge is 2.20. The van der Waals surface area contributed by atoms with E-state index in [9.17, 15) is 4.79 Å². The quantitative estimate of drug-likeness (QED) is 0.633. The van der Waals surface area contributed by atoms with Crippen molar-refractivity contribution in [2.45, 2.75) is 6.61 Å². The van der Waals surface area contributed by atoms with Crippen molar-refractivity contribution >= 4 is 17.3 Å². The molecule has 2 heterocycles. The number of nitrogens with zero attached hydrogens (tertiary/aromatic N) is 1. The predicted molar refractivity (Wildman–Crippen MR) is 88.5 cm³/mol. The van der Waals surface area contributed by atoms with Crippen LogP contribution < -0.4 is 9.47 Å². The van der Waals surface area contributed by atoms with Crippen LogP contribution >= 0.6 is 11.3 Å². The van der Waals surface area contributed by atoms with Crippen molar-refractivity contribution in [1.29, 1.82) is 0 Å². The second-order valence-electron chi connectivity index (χ2n) is 4.73.